The van der Waals surface area contributed by atoms with Gasteiger partial charge in [-0.25, -0.2) is 4.98 Å². The molecule has 0 saturated heterocycles. The topological polar surface area (TPSA) is 82.0 Å². The number of nitro groups is 1. The van der Waals surface area contributed by atoms with Crippen molar-refractivity contribution in [2.75, 3.05) is 5.73 Å². The molecule has 0 aliphatic heterocycles. The number of hydrogen-bond acceptors (Lipinski definition) is 5. The van der Waals surface area contributed by atoms with E-state index in [-0.39, 0.29) is 11.5 Å². The Labute approximate surface area is 99.6 Å². The number of nitrogens with two attached hydrogens (primary N) is 1. The van der Waals surface area contributed by atoms with Gasteiger partial charge >= 0.3 is 5.69 Å². The van der Waals surface area contributed by atoms with Crippen LogP contribution in [0.4, 0.5) is 11.5 Å². The fourth-order valence-corrected chi connectivity index (χ4v) is 2.39. The number of halogens is 1. The second kappa shape index (κ2) is 4.07. The molecule has 0 atom stereocenters. The summed E-state index contributed by atoms with van der Waals surface area (Å²) < 4.78 is 0.569. The lowest BCUT2D eigenvalue weighted by Gasteiger charge is -2.01. The van der Waals surface area contributed by atoms with Crippen molar-refractivity contribution in [1.82, 2.24) is 4.98 Å². The number of nitrogen functional groups attached to an aromatic ring is 1. The molecule has 7 heteroatoms. The summed E-state index contributed by atoms with van der Waals surface area (Å²) in [7, 11) is 0. The number of pyridine rings is 1. The number of anilines is 1. The first-order valence-corrected chi connectivity index (χ1v) is 5.43. The number of nitrogens with zero attached hydrogens (tertiary/aromatic N) is 2. The molecular weight excluding hydrogens is 250 g/mol. The van der Waals surface area contributed by atoms with Gasteiger partial charge in [0.25, 0.3) is 0 Å². The molecular formula is C9H6ClN3O2S. The van der Waals surface area contributed by atoms with E-state index in [1.807, 2.05) is 0 Å². The van der Waals surface area contributed by atoms with Crippen LogP contribution in [-0.4, -0.2) is 9.91 Å². The molecule has 0 spiro atoms. The van der Waals surface area contributed by atoms with Crippen molar-refractivity contribution >= 4 is 34.4 Å². The highest BCUT2D eigenvalue weighted by Crippen LogP contribution is 2.38. The SMILES string of the molecule is Nc1nccc(-c2ccc(Cl)s2)c1[N+](=O)[O-]. The largest absolute Gasteiger partial charge is 0.378 e. The highest BCUT2D eigenvalue weighted by molar-refractivity contribution is 7.19. The van der Waals surface area contributed by atoms with Gasteiger partial charge in [0, 0.05) is 11.1 Å². The fraction of sp³-hybridized carbons (Fsp3) is 0. The average Bonchev–Trinajstić information content (AvgIpc) is 2.63. The Hall–Kier alpha value is -1.66. The highest BCUT2D eigenvalue weighted by Gasteiger charge is 2.21. The first-order chi connectivity index (χ1) is 7.59. The molecule has 2 aromatic rings. The van der Waals surface area contributed by atoms with Crippen LogP contribution in [0.5, 0.6) is 0 Å². The maximum Gasteiger partial charge on any atom is 0.319 e. The van der Waals surface area contributed by atoms with E-state index in [4.69, 9.17) is 17.3 Å². The lowest BCUT2D eigenvalue weighted by Crippen LogP contribution is -1.99. The molecule has 2 aromatic heterocycles. The van der Waals surface area contributed by atoms with E-state index in [1.54, 1.807) is 18.2 Å². The Kier molecular flexibility index (Phi) is 2.76. The summed E-state index contributed by atoms with van der Waals surface area (Å²) in [6.45, 7) is 0. The standard InChI is InChI=1S/C9H6ClN3O2S/c10-7-2-1-6(16-7)5-3-4-12-9(11)8(5)13(14)15/h1-4H,(H2,11,12). The molecule has 0 fully saturated rings. The van der Waals surface area contributed by atoms with Gasteiger partial charge in [0.2, 0.25) is 5.82 Å². The van der Waals surface area contributed by atoms with Crippen molar-refractivity contribution in [1.29, 1.82) is 0 Å². The normalized spacial score (nSPS) is 10.3. The van der Waals surface area contributed by atoms with Gasteiger partial charge in [-0.15, -0.1) is 11.3 Å². The summed E-state index contributed by atoms with van der Waals surface area (Å²) in [5, 5.41) is 10.9. The molecule has 2 heterocycles. The van der Waals surface area contributed by atoms with Gasteiger partial charge < -0.3 is 5.73 Å². The molecule has 0 saturated carbocycles. The molecule has 0 bridgehead atoms. The zero-order chi connectivity index (χ0) is 11.7. The van der Waals surface area contributed by atoms with Crippen LogP contribution >= 0.6 is 22.9 Å². The molecule has 0 aliphatic rings. The van der Waals surface area contributed by atoms with Crippen LogP contribution in [-0.2, 0) is 0 Å². The lowest BCUT2D eigenvalue weighted by atomic mass is 10.2. The Bertz CT molecular complexity index is 555. The van der Waals surface area contributed by atoms with E-state index in [9.17, 15) is 10.1 Å². The molecule has 16 heavy (non-hydrogen) atoms. The quantitative estimate of drug-likeness (QED) is 0.661. The summed E-state index contributed by atoms with van der Waals surface area (Å²) in [5.74, 6) is -0.0907. The van der Waals surface area contributed by atoms with Crippen molar-refractivity contribution in [3.63, 3.8) is 0 Å². The summed E-state index contributed by atoms with van der Waals surface area (Å²) in [6, 6.07) is 4.95. The minimum atomic E-state index is -0.536. The number of rotatable bonds is 2. The molecule has 0 aromatic carbocycles. The predicted octanol–water partition coefficient (Wildman–Crippen LogP) is 2.95. The third kappa shape index (κ3) is 1.84. The summed E-state index contributed by atoms with van der Waals surface area (Å²) >= 11 is 7.04. The fourth-order valence-electron chi connectivity index (χ4n) is 1.32. The molecule has 0 aliphatic carbocycles. The van der Waals surface area contributed by atoms with E-state index in [1.165, 1.54) is 17.5 Å². The smallest absolute Gasteiger partial charge is 0.319 e. The minimum absolute atomic E-state index is 0.0907. The van der Waals surface area contributed by atoms with Crippen molar-refractivity contribution in [2.24, 2.45) is 0 Å². The van der Waals surface area contributed by atoms with Crippen molar-refractivity contribution in [3.05, 3.63) is 38.8 Å². The molecule has 0 unspecified atom stereocenters. The van der Waals surface area contributed by atoms with Gasteiger partial charge in [0.15, 0.2) is 0 Å². The summed E-state index contributed by atoms with van der Waals surface area (Å²) in [4.78, 5) is 14.7. The zero-order valence-corrected chi connectivity index (χ0v) is 9.46. The maximum absolute atomic E-state index is 10.9. The first-order valence-electron chi connectivity index (χ1n) is 4.24. The lowest BCUT2D eigenvalue weighted by molar-refractivity contribution is -0.383. The van der Waals surface area contributed by atoms with E-state index in [2.05, 4.69) is 4.98 Å². The van der Waals surface area contributed by atoms with E-state index >= 15 is 0 Å². The third-order valence-corrected chi connectivity index (χ3v) is 3.24. The van der Waals surface area contributed by atoms with Crippen molar-refractivity contribution in [2.45, 2.75) is 0 Å². The van der Waals surface area contributed by atoms with Crippen LogP contribution in [0.2, 0.25) is 4.34 Å². The van der Waals surface area contributed by atoms with Crippen molar-refractivity contribution in [3.8, 4) is 10.4 Å². The van der Waals surface area contributed by atoms with Crippen molar-refractivity contribution < 1.29 is 4.92 Å². The second-order valence-electron chi connectivity index (χ2n) is 2.95. The van der Waals surface area contributed by atoms with Crippen LogP contribution in [0.25, 0.3) is 10.4 Å². The van der Waals surface area contributed by atoms with Gasteiger partial charge in [-0.2, -0.15) is 0 Å². The Balaban J connectivity index is 2.65. The van der Waals surface area contributed by atoms with Crippen LogP contribution in [0.15, 0.2) is 24.4 Å². The van der Waals surface area contributed by atoms with Crippen LogP contribution in [0.1, 0.15) is 0 Å². The summed E-state index contributed by atoms with van der Waals surface area (Å²) in [6.07, 6.45) is 1.44. The number of thiophene rings is 1. The first kappa shape index (κ1) is 10.8. The summed E-state index contributed by atoms with van der Waals surface area (Å²) in [5.41, 5.74) is 5.74. The molecule has 5 nitrogen and oxygen atoms in total. The van der Waals surface area contributed by atoms with E-state index in [0.29, 0.717) is 14.8 Å². The van der Waals surface area contributed by atoms with Gasteiger partial charge in [-0.05, 0) is 18.2 Å². The van der Waals surface area contributed by atoms with Gasteiger partial charge in [0.05, 0.1) is 14.8 Å². The van der Waals surface area contributed by atoms with E-state index in [0.717, 1.165) is 0 Å². The van der Waals surface area contributed by atoms with E-state index < -0.39 is 4.92 Å². The van der Waals surface area contributed by atoms with Crippen LogP contribution in [0.3, 0.4) is 0 Å². The Morgan fingerprint density at radius 1 is 1.44 bits per heavy atom. The Morgan fingerprint density at radius 2 is 2.19 bits per heavy atom. The van der Waals surface area contributed by atoms with Crippen LogP contribution in [0, 0.1) is 10.1 Å². The molecule has 0 radical (unpaired) electrons. The molecule has 82 valence electrons. The van der Waals surface area contributed by atoms with Gasteiger partial charge in [-0.1, -0.05) is 11.6 Å². The predicted molar refractivity (Wildman–Crippen MR) is 63.6 cm³/mol. The molecule has 0 amide bonds. The highest BCUT2D eigenvalue weighted by atomic mass is 35.5. The molecule has 2 rings (SSSR count). The minimum Gasteiger partial charge on any atom is -0.378 e. The average molecular weight is 256 g/mol. The zero-order valence-electron chi connectivity index (χ0n) is 7.88. The van der Waals surface area contributed by atoms with Gasteiger partial charge in [-0.3, -0.25) is 10.1 Å². The third-order valence-electron chi connectivity index (χ3n) is 1.97. The van der Waals surface area contributed by atoms with Crippen LogP contribution < -0.4 is 5.73 Å². The second-order valence-corrected chi connectivity index (χ2v) is 4.67. The number of aromatic nitrogens is 1. The Morgan fingerprint density at radius 3 is 2.75 bits per heavy atom. The number of hydrogen-bond donors (Lipinski definition) is 1. The monoisotopic (exact) mass is 255 g/mol. The van der Waals surface area contributed by atoms with Gasteiger partial charge in [0.1, 0.15) is 0 Å². The molecule has 2 N–H and O–H groups in total. The maximum atomic E-state index is 10.9.